The van der Waals surface area contributed by atoms with Gasteiger partial charge in [0.25, 0.3) is 0 Å². The third kappa shape index (κ3) is 4.22. The Balaban J connectivity index is 2.85. The summed E-state index contributed by atoms with van der Waals surface area (Å²) in [6.07, 6.45) is -0.0782. The number of carboxylic acids is 1. The average Bonchev–Trinajstić information content (AvgIpc) is 2.56. The summed E-state index contributed by atoms with van der Waals surface area (Å²) in [5, 5.41) is 12.8. The molecule has 0 unspecified atom stereocenters. The molecule has 1 aromatic rings. The standard InChI is InChI=1S/C12H21N3O4S/c1-8(2)15-10(4)12(9(3)13-15)14-20(18,19)7-5-6-11(16)17/h8,14H,5-7H2,1-4H3,(H,16,17). The van der Waals surface area contributed by atoms with Crippen molar-refractivity contribution in [2.24, 2.45) is 0 Å². The maximum Gasteiger partial charge on any atom is 0.303 e. The van der Waals surface area contributed by atoms with E-state index in [0.29, 0.717) is 11.4 Å². The van der Waals surface area contributed by atoms with Crippen LogP contribution in [0.1, 0.15) is 44.1 Å². The molecule has 0 radical (unpaired) electrons. The van der Waals surface area contributed by atoms with Gasteiger partial charge in [-0.25, -0.2) is 8.42 Å². The van der Waals surface area contributed by atoms with Crippen molar-refractivity contribution < 1.29 is 18.3 Å². The number of hydrogen-bond donors (Lipinski definition) is 2. The van der Waals surface area contributed by atoms with E-state index in [-0.39, 0.29) is 24.6 Å². The van der Waals surface area contributed by atoms with Crippen molar-refractivity contribution in [3.63, 3.8) is 0 Å². The average molecular weight is 303 g/mol. The Morgan fingerprint density at radius 3 is 2.45 bits per heavy atom. The van der Waals surface area contributed by atoms with Crippen LogP contribution in [0.2, 0.25) is 0 Å². The molecular weight excluding hydrogens is 282 g/mol. The highest BCUT2D eigenvalue weighted by molar-refractivity contribution is 7.92. The van der Waals surface area contributed by atoms with Crippen molar-refractivity contribution in [1.82, 2.24) is 9.78 Å². The Labute approximate surface area is 119 Å². The van der Waals surface area contributed by atoms with Gasteiger partial charge < -0.3 is 5.11 Å². The topological polar surface area (TPSA) is 101 Å². The maximum absolute atomic E-state index is 11.9. The first-order valence-corrected chi connectivity index (χ1v) is 8.07. The van der Waals surface area contributed by atoms with Crippen LogP contribution in [0.15, 0.2) is 0 Å². The number of aryl methyl sites for hydroxylation is 1. The van der Waals surface area contributed by atoms with Gasteiger partial charge in [0.15, 0.2) is 0 Å². The summed E-state index contributed by atoms with van der Waals surface area (Å²) < 4.78 is 28.1. The Morgan fingerprint density at radius 1 is 1.40 bits per heavy atom. The molecule has 0 spiro atoms. The summed E-state index contributed by atoms with van der Waals surface area (Å²) in [5.41, 5.74) is 1.84. The molecule has 0 bridgehead atoms. The second kappa shape index (κ2) is 6.25. The number of nitrogens with zero attached hydrogens (tertiary/aromatic N) is 2. The van der Waals surface area contributed by atoms with Gasteiger partial charge in [0.2, 0.25) is 10.0 Å². The molecule has 0 aliphatic carbocycles. The lowest BCUT2D eigenvalue weighted by atomic mass is 10.3. The Bertz CT molecular complexity index is 590. The van der Waals surface area contributed by atoms with Gasteiger partial charge >= 0.3 is 5.97 Å². The summed E-state index contributed by atoms with van der Waals surface area (Å²) in [5.74, 6) is -1.22. The first-order valence-electron chi connectivity index (χ1n) is 6.42. The monoisotopic (exact) mass is 303 g/mol. The number of anilines is 1. The predicted octanol–water partition coefficient (Wildman–Crippen LogP) is 1.69. The number of aliphatic carboxylic acids is 1. The molecule has 114 valence electrons. The molecule has 0 amide bonds. The zero-order valence-electron chi connectivity index (χ0n) is 12.2. The number of nitrogens with one attached hydrogen (secondary N) is 1. The van der Waals surface area contributed by atoms with Gasteiger partial charge in [-0.2, -0.15) is 5.10 Å². The van der Waals surface area contributed by atoms with Crippen LogP contribution >= 0.6 is 0 Å². The summed E-state index contributed by atoms with van der Waals surface area (Å²) in [6.45, 7) is 7.46. The van der Waals surface area contributed by atoms with Crippen LogP contribution in [-0.4, -0.2) is 35.0 Å². The van der Waals surface area contributed by atoms with Gasteiger partial charge in [0.05, 0.1) is 22.8 Å². The fraction of sp³-hybridized carbons (Fsp3) is 0.667. The lowest BCUT2D eigenvalue weighted by molar-refractivity contribution is -0.137. The van der Waals surface area contributed by atoms with Crippen LogP contribution in [0, 0.1) is 13.8 Å². The van der Waals surface area contributed by atoms with E-state index in [9.17, 15) is 13.2 Å². The van der Waals surface area contributed by atoms with Crippen molar-refractivity contribution in [3.05, 3.63) is 11.4 Å². The van der Waals surface area contributed by atoms with Crippen LogP contribution in [-0.2, 0) is 14.8 Å². The van der Waals surface area contributed by atoms with E-state index >= 15 is 0 Å². The molecule has 0 aliphatic heterocycles. The molecule has 7 nitrogen and oxygen atoms in total. The molecule has 8 heteroatoms. The molecule has 0 saturated carbocycles. The normalized spacial score (nSPS) is 11.8. The van der Waals surface area contributed by atoms with Gasteiger partial charge in [-0.05, 0) is 34.1 Å². The number of aromatic nitrogens is 2. The van der Waals surface area contributed by atoms with E-state index in [2.05, 4.69) is 9.82 Å². The molecule has 20 heavy (non-hydrogen) atoms. The zero-order valence-corrected chi connectivity index (χ0v) is 13.0. The van der Waals surface area contributed by atoms with E-state index in [1.165, 1.54) is 0 Å². The fourth-order valence-corrected chi connectivity index (χ4v) is 3.17. The minimum absolute atomic E-state index is 0.0844. The third-order valence-electron chi connectivity index (χ3n) is 2.88. The van der Waals surface area contributed by atoms with Crippen LogP contribution < -0.4 is 4.72 Å². The molecule has 0 atom stereocenters. The number of carboxylic acid groups (broad SMARTS) is 1. The Kier molecular flexibility index (Phi) is 5.15. The number of rotatable bonds is 7. The van der Waals surface area contributed by atoms with E-state index in [4.69, 9.17) is 5.11 Å². The molecule has 2 N–H and O–H groups in total. The second-order valence-corrected chi connectivity index (χ2v) is 6.84. The highest BCUT2D eigenvalue weighted by Gasteiger charge is 2.19. The minimum atomic E-state index is -3.55. The van der Waals surface area contributed by atoms with Crippen molar-refractivity contribution in [2.75, 3.05) is 10.5 Å². The van der Waals surface area contributed by atoms with E-state index in [1.807, 2.05) is 13.8 Å². The van der Waals surface area contributed by atoms with Crippen LogP contribution in [0.4, 0.5) is 5.69 Å². The van der Waals surface area contributed by atoms with Gasteiger partial charge in [0.1, 0.15) is 0 Å². The SMILES string of the molecule is Cc1nn(C(C)C)c(C)c1NS(=O)(=O)CCCC(=O)O. The highest BCUT2D eigenvalue weighted by atomic mass is 32.2. The zero-order chi connectivity index (χ0) is 15.5. The Hall–Kier alpha value is -1.57. The highest BCUT2D eigenvalue weighted by Crippen LogP contribution is 2.23. The molecule has 0 saturated heterocycles. The van der Waals surface area contributed by atoms with Crippen molar-refractivity contribution >= 4 is 21.7 Å². The summed E-state index contributed by atoms with van der Waals surface area (Å²) >= 11 is 0. The van der Waals surface area contributed by atoms with Crippen molar-refractivity contribution in [1.29, 1.82) is 0 Å². The maximum atomic E-state index is 11.9. The first-order chi connectivity index (χ1) is 9.14. The van der Waals surface area contributed by atoms with Gasteiger partial charge in [-0.15, -0.1) is 0 Å². The van der Waals surface area contributed by atoms with Crippen molar-refractivity contribution in [2.45, 2.75) is 46.6 Å². The van der Waals surface area contributed by atoms with E-state index in [1.54, 1.807) is 18.5 Å². The fourth-order valence-electron chi connectivity index (χ4n) is 1.93. The van der Waals surface area contributed by atoms with E-state index in [0.717, 1.165) is 5.69 Å². The lowest BCUT2D eigenvalue weighted by Gasteiger charge is -2.10. The Morgan fingerprint density at radius 2 is 2.00 bits per heavy atom. The van der Waals surface area contributed by atoms with Gasteiger partial charge in [-0.1, -0.05) is 0 Å². The number of sulfonamides is 1. The van der Waals surface area contributed by atoms with Crippen LogP contribution in [0.3, 0.4) is 0 Å². The minimum Gasteiger partial charge on any atom is -0.481 e. The van der Waals surface area contributed by atoms with Crippen molar-refractivity contribution in [3.8, 4) is 0 Å². The molecule has 0 aromatic carbocycles. The quantitative estimate of drug-likeness (QED) is 0.798. The van der Waals surface area contributed by atoms with Crippen LogP contribution in [0.25, 0.3) is 0 Å². The molecule has 1 rings (SSSR count). The molecule has 0 aliphatic rings. The largest absolute Gasteiger partial charge is 0.481 e. The van der Waals surface area contributed by atoms with Gasteiger partial charge in [-0.3, -0.25) is 14.2 Å². The molecule has 1 heterocycles. The summed E-state index contributed by atoms with van der Waals surface area (Å²) in [6, 6.07) is 0.138. The number of carbonyl (C=O) groups is 1. The van der Waals surface area contributed by atoms with E-state index < -0.39 is 16.0 Å². The predicted molar refractivity (Wildman–Crippen MR) is 76.4 cm³/mol. The molecule has 0 fully saturated rings. The van der Waals surface area contributed by atoms with Gasteiger partial charge in [0, 0.05) is 12.5 Å². The van der Waals surface area contributed by atoms with Crippen LogP contribution in [0.5, 0.6) is 0 Å². The molecular formula is C12H21N3O4S. The number of hydrogen-bond acceptors (Lipinski definition) is 4. The lowest BCUT2D eigenvalue weighted by Crippen LogP contribution is -2.18. The summed E-state index contributed by atoms with van der Waals surface area (Å²) in [7, 11) is -3.55. The first kappa shape index (κ1) is 16.5. The molecule has 1 aromatic heterocycles. The summed E-state index contributed by atoms with van der Waals surface area (Å²) in [4.78, 5) is 10.4. The smallest absolute Gasteiger partial charge is 0.303 e. The second-order valence-electron chi connectivity index (χ2n) is 5.00. The third-order valence-corrected chi connectivity index (χ3v) is 4.22.